The number of pyridine rings is 1. The van der Waals surface area contributed by atoms with Gasteiger partial charge >= 0.3 is 0 Å². The molecule has 1 atom stereocenters. The molecule has 33 heavy (non-hydrogen) atoms. The number of carbonyl (C=O) groups excluding carboxylic acids is 2. The largest absolute Gasteiger partial charge is 0.342 e. The third kappa shape index (κ3) is 4.03. The zero-order valence-electron chi connectivity index (χ0n) is 18.1. The van der Waals surface area contributed by atoms with Crippen LogP contribution in [0.4, 0.5) is 5.69 Å². The first-order valence-corrected chi connectivity index (χ1v) is 10.8. The molecule has 2 aromatic carbocycles. The second-order valence-electron chi connectivity index (χ2n) is 8.14. The van der Waals surface area contributed by atoms with Crippen LogP contribution in [0, 0.1) is 0 Å². The van der Waals surface area contributed by atoms with Crippen molar-refractivity contribution in [3.63, 3.8) is 0 Å². The van der Waals surface area contributed by atoms with Gasteiger partial charge in [0, 0.05) is 24.5 Å². The molecule has 0 spiro atoms. The molecule has 0 fully saturated rings. The first-order valence-electron chi connectivity index (χ1n) is 10.8. The fraction of sp³-hybridized carbons (Fsp3) is 0.200. The SMILES string of the molecule is C[C@H](NC(=O)c1ccc(=O)n(CC(=O)N2CCc3ccccc32)c1)c1nc2ccccc2[nH]1. The first-order chi connectivity index (χ1) is 16.0. The van der Waals surface area contributed by atoms with Crippen LogP contribution in [0.1, 0.15) is 34.7 Å². The lowest BCUT2D eigenvalue weighted by molar-refractivity contribution is -0.119. The molecular weight excluding hydrogens is 418 g/mol. The van der Waals surface area contributed by atoms with Gasteiger partial charge in [0.25, 0.3) is 11.5 Å². The maximum atomic E-state index is 12.9. The van der Waals surface area contributed by atoms with Gasteiger partial charge in [0.05, 0.1) is 22.6 Å². The lowest BCUT2D eigenvalue weighted by Crippen LogP contribution is -2.36. The van der Waals surface area contributed by atoms with E-state index in [4.69, 9.17) is 0 Å². The van der Waals surface area contributed by atoms with Crippen molar-refractivity contribution in [2.24, 2.45) is 0 Å². The van der Waals surface area contributed by atoms with Crippen LogP contribution in [-0.2, 0) is 17.8 Å². The molecule has 0 bridgehead atoms. The zero-order chi connectivity index (χ0) is 22.9. The molecule has 2 amide bonds. The Kier molecular flexibility index (Phi) is 5.26. The quantitative estimate of drug-likeness (QED) is 0.497. The van der Waals surface area contributed by atoms with Gasteiger partial charge in [-0.15, -0.1) is 0 Å². The predicted octanol–water partition coefficient (Wildman–Crippen LogP) is 2.80. The highest BCUT2D eigenvalue weighted by Crippen LogP contribution is 2.27. The van der Waals surface area contributed by atoms with Crippen LogP contribution in [0.2, 0.25) is 0 Å². The second-order valence-corrected chi connectivity index (χ2v) is 8.14. The van der Waals surface area contributed by atoms with Crippen molar-refractivity contribution < 1.29 is 9.59 Å². The topological polar surface area (TPSA) is 100 Å². The van der Waals surface area contributed by atoms with Crippen LogP contribution in [0.15, 0.2) is 71.7 Å². The molecule has 5 rings (SSSR count). The average Bonchev–Trinajstić information content (AvgIpc) is 3.45. The number of nitrogens with zero attached hydrogens (tertiary/aromatic N) is 3. The van der Waals surface area contributed by atoms with Gasteiger partial charge in [-0.05, 0) is 43.2 Å². The highest BCUT2D eigenvalue weighted by atomic mass is 16.2. The summed E-state index contributed by atoms with van der Waals surface area (Å²) in [6, 6.07) is 17.8. The minimum absolute atomic E-state index is 0.132. The number of rotatable bonds is 5. The summed E-state index contributed by atoms with van der Waals surface area (Å²) in [7, 11) is 0. The smallest absolute Gasteiger partial charge is 0.253 e. The Morgan fingerprint density at radius 3 is 2.73 bits per heavy atom. The number of aromatic nitrogens is 3. The van der Waals surface area contributed by atoms with Crippen LogP contribution in [0.25, 0.3) is 11.0 Å². The van der Waals surface area contributed by atoms with Crippen molar-refractivity contribution in [1.29, 1.82) is 0 Å². The summed E-state index contributed by atoms with van der Waals surface area (Å²) in [5, 5.41) is 2.90. The number of carbonyl (C=O) groups is 2. The molecule has 0 saturated heterocycles. The van der Waals surface area contributed by atoms with E-state index in [-0.39, 0.29) is 30.0 Å². The number of nitrogens with one attached hydrogen (secondary N) is 2. The lowest BCUT2D eigenvalue weighted by Gasteiger charge is -2.18. The van der Waals surface area contributed by atoms with Crippen molar-refractivity contribution in [2.75, 3.05) is 11.4 Å². The van der Waals surface area contributed by atoms with Gasteiger partial charge in [-0.3, -0.25) is 14.4 Å². The van der Waals surface area contributed by atoms with Crippen LogP contribution in [0.5, 0.6) is 0 Å². The molecule has 4 aromatic rings. The molecule has 2 N–H and O–H groups in total. The van der Waals surface area contributed by atoms with E-state index < -0.39 is 0 Å². The summed E-state index contributed by atoms with van der Waals surface area (Å²) < 4.78 is 1.28. The number of hydrogen-bond acceptors (Lipinski definition) is 4. The Labute approximate surface area is 189 Å². The monoisotopic (exact) mass is 441 g/mol. The summed E-state index contributed by atoms with van der Waals surface area (Å²) >= 11 is 0. The van der Waals surface area contributed by atoms with E-state index in [2.05, 4.69) is 15.3 Å². The maximum absolute atomic E-state index is 12.9. The van der Waals surface area contributed by atoms with E-state index in [1.54, 1.807) is 4.90 Å². The molecule has 3 heterocycles. The Hall–Kier alpha value is -4.20. The summed E-state index contributed by atoms with van der Waals surface area (Å²) in [4.78, 5) is 47.6. The normalized spacial score (nSPS) is 13.7. The molecule has 0 aliphatic carbocycles. The number of H-pyrrole nitrogens is 1. The number of imidazole rings is 1. The Morgan fingerprint density at radius 1 is 1.09 bits per heavy atom. The minimum atomic E-state index is -0.368. The molecule has 2 aromatic heterocycles. The maximum Gasteiger partial charge on any atom is 0.253 e. The van der Waals surface area contributed by atoms with Gasteiger partial charge in [0.1, 0.15) is 12.4 Å². The van der Waals surface area contributed by atoms with Gasteiger partial charge in [-0.25, -0.2) is 4.98 Å². The second kappa shape index (κ2) is 8.38. The third-order valence-corrected chi connectivity index (χ3v) is 5.90. The van der Waals surface area contributed by atoms with Crippen LogP contribution in [0.3, 0.4) is 0 Å². The van der Waals surface area contributed by atoms with Crippen molar-refractivity contribution in [1.82, 2.24) is 19.9 Å². The van der Waals surface area contributed by atoms with Crippen LogP contribution >= 0.6 is 0 Å². The Balaban J connectivity index is 1.31. The fourth-order valence-electron chi connectivity index (χ4n) is 4.14. The highest BCUT2D eigenvalue weighted by Gasteiger charge is 2.24. The van der Waals surface area contributed by atoms with E-state index in [0.717, 1.165) is 28.7 Å². The summed E-state index contributed by atoms with van der Waals surface area (Å²) in [6.07, 6.45) is 2.22. The van der Waals surface area contributed by atoms with Gasteiger partial charge in [0.15, 0.2) is 0 Å². The molecule has 0 unspecified atom stereocenters. The first kappa shape index (κ1) is 20.7. The number of para-hydroxylation sites is 3. The van der Waals surface area contributed by atoms with E-state index in [9.17, 15) is 14.4 Å². The molecule has 0 radical (unpaired) electrons. The number of fused-ring (bicyclic) bond motifs is 2. The number of amides is 2. The lowest BCUT2D eigenvalue weighted by atomic mass is 10.2. The standard InChI is InChI=1S/C25H23N5O3/c1-16(24-27-19-7-3-4-8-20(19)28-24)26-25(33)18-10-11-22(31)29(14-18)15-23(32)30-13-12-17-6-2-5-9-21(17)30/h2-11,14,16H,12-13,15H2,1H3,(H,26,33)(H,27,28)/t16-/m0/s1. The molecule has 8 heteroatoms. The van der Waals surface area contributed by atoms with E-state index in [1.165, 1.54) is 22.9 Å². The molecule has 0 saturated carbocycles. The van der Waals surface area contributed by atoms with Gasteiger partial charge in [-0.2, -0.15) is 0 Å². The van der Waals surface area contributed by atoms with Crippen molar-refractivity contribution in [2.45, 2.75) is 25.9 Å². The van der Waals surface area contributed by atoms with Gasteiger partial charge in [0.2, 0.25) is 5.91 Å². The van der Waals surface area contributed by atoms with E-state index in [1.807, 2.05) is 55.5 Å². The van der Waals surface area contributed by atoms with Crippen LogP contribution in [-0.4, -0.2) is 32.9 Å². The number of hydrogen-bond donors (Lipinski definition) is 2. The predicted molar refractivity (Wildman–Crippen MR) is 125 cm³/mol. The van der Waals surface area contributed by atoms with Crippen LogP contribution < -0.4 is 15.8 Å². The number of benzene rings is 2. The molecule has 166 valence electrons. The minimum Gasteiger partial charge on any atom is -0.342 e. The van der Waals surface area contributed by atoms with Crippen molar-refractivity contribution in [3.05, 3.63) is 94.2 Å². The molecule has 1 aliphatic rings. The summed E-state index contributed by atoms with van der Waals surface area (Å²) in [6.45, 7) is 2.29. The summed E-state index contributed by atoms with van der Waals surface area (Å²) in [5.41, 5.74) is 3.67. The molecular formula is C25H23N5O3. The van der Waals surface area contributed by atoms with Crippen molar-refractivity contribution in [3.8, 4) is 0 Å². The Bertz CT molecular complexity index is 1390. The average molecular weight is 441 g/mol. The zero-order valence-corrected chi connectivity index (χ0v) is 18.1. The highest BCUT2D eigenvalue weighted by molar-refractivity contribution is 5.96. The fourth-order valence-corrected chi connectivity index (χ4v) is 4.14. The Morgan fingerprint density at radius 2 is 1.88 bits per heavy atom. The van der Waals surface area contributed by atoms with E-state index >= 15 is 0 Å². The number of aromatic amines is 1. The molecule has 8 nitrogen and oxygen atoms in total. The van der Waals surface area contributed by atoms with Gasteiger partial charge in [-0.1, -0.05) is 30.3 Å². The van der Waals surface area contributed by atoms with Gasteiger partial charge < -0.3 is 19.8 Å². The molecule has 1 aliphatic heterocycles. The third-order valence-electron chi connectivity index (χ3n) is 5.90. The van der Waals surface area contributed by atoms with Crippen molar-refractivity contribution >= 4 is 28.5 Å². The summed E-state index contributed by atoms with van der Waals surface area (Å²) in [5.74, 6) is 0.103. The van der Waals surface area contributed by atoms with E-state index in [0.29, 0.717) is 17.9 Å². The number of anilines is 1.